The largest absolute Gasteiger partial charge is 0.480 e. The molecule has 0 saturated carbocycles. The summed E-state index contributed by atoms with van der Waals surface area (Å²) in [5.41, 5.74) is 0.547. The number of allylic oxidation sites excluding steroid dienone is 4. The molecule has 4 aromatic rings. The molecule has 6 rings (SSSR count). The fraction of sp³-hybridized carbons (Fsp3) is 0.500. The smallest absolute Gasteiger partial charge is 0.410 e. The average Bonchev–Trinajstić information content (AvgIpc) is 0.833. The van der Waals surface area contributed by atoms with Crippen LogP contribution >= 0.6 is 0 Å². The molecule has 0 aromatic heterocycles. The minimum atomic E-state index is -1.87. The molecular weight excluding hydrogens is 1130 g/mol. The Kier molecular flexibility index (Phi) is 16.4. The van der Waals surface area contributed by atoms with E-state index in [1.54, 1.807) is 90.1 Å². The predicted molar refractivity (Wildman–Crippen MR) is 377 cm³/mol. The van der Waals surface area contributed by atoms with Crippen LogP contribution in [0.1, 0.15) is 240 Å². The molecular formula is C68H138F4N2O13. The van der Waals surface area contributed by atoms with Gasteiger partial charge in [-0.15, -0.1) is 0 Å². The van der Waals surface area contributed by atoms with E-state index in [4.69, 9.17) is 100 Å². The van der Waals surface area contributed by atoms with E-state index < -0.39 is 95.1 Å². The van der Waals surface area contributed by atoms with Crippen molar-refractivity contribution in [2.24, 2.45) is 0 Å². The first-order valence-corrected chi connectivity index (χ1v) is 29.4. The molecule has 0 spiro atoms. The Morgan fingerprint density at radius 3 is 1.33 bits per heavy atom. The third-order valence-corrected chi connectivity index (χ3v) is 13.6. The normalized spacial score (nSPS) is 17.1. The van der Waals surface area contributed by atoms with Crippen LogP contribution < -0.4 is 0 Å². The Bertz CT molecular complexity index is 3110. The number of aliphatic carboxylic acids is 1. The molecule has 0 aliphatic heterocycles. The molecule has 2 aliphatic rings. The zero-order valence-electron chi connectivity index (χ0n) is 100. The number of hydrogen-bond acceptors (Lipinski definition) is 12. The number of amides is 2. The van der Waals surface area contributed by atoms with Gasteiger partial charge >= 0.3 is 36.1 Å². The van der Waals surface area contributed by atoms with Crippen molar-refractivity contribution in [3.8, 4) is 0 Å². The van der Waals surface area contributed by atoms with Gasteiger partial charge in [-0.2, -0.15) is 0 Å². The first-order valence-electron chi connectivity index (χ1n) is 53.4. The van der Waals surface area contributed by atoms with Gasteiger partial charge < -0.3 is 33.9 Å². The maximum atomic E-state index is 15.2. The number of alkyl halides is 2. The topological polar surface area (TPSA) is 196 Å². The summed E-state index contributed by atoms with van der Waals surface area (Å²) >= 11 is 0. The van der Waals surface area contributed by atoms with E-state index in [9.17, 15) is 47.0 Å². The number of aliphatic hydroxyl groups excluding tert-OH is 1. The number of nitrogens with zero attached hydrogens (tertiary/aromatic N) is 2. The van der Waals surface area contributed by atoms with Crippen LogP contribution in [0, 0.1) is 11.6 Å². The van der Waals surface area contributed by atoms with Crippen LogP contribution in [0.15, 0.2) is 109 Å². The number of carboxylic acid groups (broad SMARTS) is 1. The maximum absolute atomic E-state index is 15.2. The third-order valence-electron chi connectivity index (χ3n) is 13.6. The standard InChI is InChI=1S/C34H43F2NO6.C22H23FO3.C12H22FNO4.25H2/c1-33(2,3)43-32(40)37(6)28(21-34(4,5)36)30(38)42-29(31(39)41-22-23-13-9-7-10-14-23)20-24-17-18-26(27(35)19-24)25-15-11-8-12-16-25;23-20-13-17(11-12-19(20)18-9-5-2-6-10-18)14-21(24)22(25)26-15-16-7-3-1-4-8-16;1-11(2,3)18-10(17)14(6)8(9(15)16)7-12(4,5)13;;;;;;;;;;;;;;;;;;;;;;;;;/h7,9-10,13-15,17-19,28-29H,8,11-12,16,20-22H2,1-6H3;1,3-4,7-9,11-13,21,24H,2,5-6,10,14-15H2;8H,7H2,1-6H3,(H,15,16);25*1H/t28-,29+;21-;8-;;;;;;;;;;;;;;;;;;;;;;;;;/m000........................./s1/i;;;24*1+1D;1+1. The number of esters is 3. The van der Waals surface area contributed by atoms with Gasteiger partial charge in [0.2, 0.25) is 6.10 Å². The van der Waals surface area contributed by atoms with Crippen molar-refractivity contribution in [3.05, 3.63) is 154 Å². The van der Waals surface area contributed by atoms with Crippen molar-refractivity contribution < 1.29 is 153 Å². The minimum absolute atomic E-state index is 0. The average molecular weight is 1320 g/mol. The fourth-order valence-corrected chi connectivity index (χ4v) is 9.23. The van der Waals surface area contributed by atoms with Crippen molar-refractivity contribution in [1.29, 1.82) is 0 Å². The molecule has 0 radical (unpaired) electrons. The van der Waals surface area contributed by atoms with E-state index >= 15 is 4.39 Å². The highest BCUT2D eigenvalue weighted by molar-refractivity contribution is 5.85. The van der Waals surface area contributed by atoms with E-state index in [1.807, 2.05) is 42.5 Å². The van der Waals surface area contributed by atoms with Gasteiger partial charge in [-0.25, -0.2) is 46.3 Å². The lowest BCUT2D eigenvalue weighted by Gasteiger charge is -2.32. The van der Waals surface area contributed by atoms with Crippen molar-refractivity contribution in [1.82, 2.24) is 9.80 Å². The Morgan fingerprint density at radius 2 is 0.954 bits per heavy atom. The molecule has 0 heterocycles. The lowest BCUT2D eigenvalue weighted by atomic mass is 9.92. The summed E-state index contributed by atoms with van der Waals surface area (Å²) in [5.74, 6) is -4.56. The van der Waals surface area contributed by atoms with Gasteiger partial charge in [-0.1, -0.05) is 97.1 Å². The fourth-order valence-electron chi connectivity index (χ4n) is 9.23. The molecule has 2 aliphatic carbocycles. The number of likely N-dealkylation sites (N-methyl/N-ethyl adjacent to an activating group) is 2. The number of rotatable bonds is 21. The zero-order valence-corrected chi connectivity index (χ0v) is 52.4. The molecule has 4 atom stereocenters. The number of hydrogen-bond donors (Lipinski definition) is 2. The van der Waals surface area contributed by atoms with E-state index in [1.165, 1.54) is 53.9 Å². The summed E-state index contributed by atoms with van der Waals surface area (Å²) in [7, 11) is 2.60. The first kappa shape index (κ1) is 43.2. The highest BCUT2D eigenvalue weighted by Crippen LogP contribution is 2.32. The quantitative estimate of drug-likeness (QED) is 0.0455. The van der Waals surface area contributed by atoms with Crippen molar-refractivity contribution in [3.63, 3.8) is 0 Å². The summed E-state index contributed by atoms with van der Waals surface area (Å²) in [4.78, 5) is 76.2. The zero-order chi connectivity index (χ0) is 113. The summed E-state index contributed by atoms with van der Waals surface area (Å²) in [6, 6.07) is 25.2. The van der Waals surface area contributed by atoms with Crippen LogP contribution in [0.3, 0.4) is 0 Å². The van der Waals surface area contributed by atoms with E-state index in [2.05, 4.69) is 6.08 Å². The molecule has 19 heteroatoms. The summed E-state index contributed by atoms with van der Waals surface area (Å²) in [5, 5.41) is 19.1. The molecule has 15 nitrogen and oxygen atoms in total. The number of carbonyl (C=O) groups is 6. The van der Waals surface area contributed by atoms with Crippen LogP contribution in [0.25, 0.3) is 11.1 Å². The van der Waals surface area contributed by atoms with Gasteiger partial charge in [0.05, 0.1) is 0 Å². The Balaban J connectivity index is -0.0000000605. The van der Waals surface area contributed by atoms with E-state index in [0.29, 0.717) is 22.3 Å². The highest BCUT2D eigenvalue weighted by atomic mass is 19.1. The summed E-state index contributed by atoms with van der Waals surface area (Å²) in [6.45, 7) is 15.1. The highest BCUT2D eigenvalue weighted by Gasteiger charge is 2.39. The van der Waals surface area contributed by atoms with E-state index in [0.717, 1.165) is 83.4 Å². The number of carboxylic acids is 1. The van der Waals surface area contributed by atoms with Crippen LogP contribution in [-0.4, -0.2) is 117 Å². The van der Waals surface area contributed by atoms with Crippen molar-refractivity contribution in [2.45, 2.75) is 206 Å². The van der Waals surface area contributed by atoms with Gasteiger partial charge in [0, 0.05) is 124 Å². The van der Waals surface area contributed by atoms with Crippen LogP contribution in [0.5, 0.6) is 0 Å². The third kappa shape index (κ3) is 26.1. The number of aliphatic hydroxyl groups is 1. The molecule has 2 amide bonds. The molecule has 2 N–H and O–H groups in total. The monoisotopic (exact) mass is 1320 g/mol. The van der Waals surface area contributed by atoms with Gasteiger partial charge in [-0.3, -0.25) is 9.80 Å². The van der Waals surface area contributed by atoms with Gasteiger partial charge in [0.25, 0.3) is 0 Å². The summed E-state index contributed by atoms with van der Waals surface area (Å²) < 4.78 is 325. The number of ether oxygens (including phenoxy) is 5. The van der Waals surface area contributed by atoms with Crippen LogP contribution in [-0.2, 0) is 68.9 Å². The number of carbonyl (C=O) groups excluding carboxylic acids is 5. The van der Waals surface area contributed by atoms with Crippen LogP contribution in [0.4, 0.5) is 27.2 Å². The second-order valence-electron chi connectivity index (χ2n) is 25.0. The molecule has 0 unspecified atom stereocenters. The lowest BCUT2D eigenvalue weighted by molar-refractivity contribution is -0.172. The molecule has 526 valence electrons. The molecule has 0 saturated heterocycles. The second kappa shape index (κ2) is 33.0. The molecule has 4 aromatic carbocycles. The molecule has 0 fully saturated rings. The Labute approximate surface area is 585 Å². The lowest BCUT2D eigenvalue weighted by Crippen LogP contribution is -2.49. The van der Waals surface area contributed by atoms with Gasteiger partial charge in [0.15, 0.2) is 6.10 Å². The van der Waals surface area contributed by atoms with Crippen molar-refractivity contribution in [2.75, 3.05) is 14.1 Å². The van der Waals surface area contributed by atoms with Crippen molar-refractivity contribution >= 4 is 47.2 Å². The molecule has 87 heavy (non-hydrogen) atoms. The predicted octanol–water partition coefficient (Wildman–Crippen LogP) is 20.4. The first-order chi connectivity index (χ1) is 64.6. The van der Waals surface area contributed by atoms with Gasteiger partial charge in [0.1, 0.15) is 59.5 Å². The van der Waals surface area contributed by atoms with E-state index in [-0.39, 0.29) is 39.7 Å². The second-order valence-corrected chi connectivity index (χ2v) is 25.0. The summed E-state index contributed by atoms with van der Waals surface area (Å²) in [6.07, 6.45) is 6.74. The maximum Gasteiger partial charge on any atom is 0.410 e. The van der Waals surface area contributed by atoms with Crippen LogP contribution in [0.2, 0.25) is 0 Å². The molecule has 0 bridgehead atoms. The SMILES string of the molecule is CN(C(=O)OC(C)(C)C)[C@@H](CC(C)(C)F)C(=O)O.CN(C(=O)OC(C)(C)C)[C@@H](CC(C)(C)F)C(=O)O[C@H](Cc1ccc(C2=CCCCC2)c(F)c1)C(=O)OCc1ccccc1.O=C(OCc1ccccc1)[C@@H](O)Cc1ccc(C2=CCCCC2)c(F)c1.[2HH].[2H][2H].[2H][2H].[2H][2H].[2H][2H].[2H][2H].[2H][2H].[2H][2H].[2H][2H].[2H][2H].[2H][2H].[2H][2H].[2H][2H].[2H][2H].[2H][2H].[2H][2H].[2H][2H].[2H][2H].[2H][2H].[2H][2H].[2H][2H].[2H][2H].[2H][2H].[2H][2H].[2H][2H]. The Hall–Kier alpha value is -7.54. The number of benzene rings is 4. The Morgan fingerprint density at radius 1 is 0.552 bits per heavy atom. The number of halogens is 4. The minimum Gasteiger partial charge on any atom is -0.480 e. The van der Waals surface area contributed by atoms with Gasteiger partial charge in [-0.05, 0) is 166 Å².